The fourth-order valence-corrected chi connectivity index (χ4v) is 2.07. The summed E-state index contributed by atoms with van der Waals surface area (Å²) in [5.41, 5.74) is 6.52. The SMILES string of the molecule is COc1ccc(N)cc1C(=O)OCC1CCCCO1. The monoisotopic (exact) mass is 265 g/mol. The second kappa shape index (κ2) is 6.43. The fourth-order valence-electron chi connectivity index (χ4n) is 2.07. The van der Waals surface area contributed by atoms with E-state index in [9.17, 15) is 4.79 Å². The van der Waals surface area contributed by atoms with Gasteiger partial charge >= 0.3 is 5.97 Å². The van der Waals surface area contributed by atoms with Crippen molar-refractivity contribution >= 4 is 11.7 Å². The Morgan fingerprint density at radius 1 is 1.47 bits per heavy atom. The molecule has 1 atom stereocenters. The van der Waals surface area contributed by atoms with Gasteiger partial charge in [0.05, 0.1) is 13.2 Å². The van der Waals surface area contributed by atoms with Crippen LogP contribution in [0.25, 0.3) is 0 Å². The lowest BCUT2D eigenvalue weighted by Gasteiger charge is -2.22. The lowest BCUT2D eigenvalue weighted by atomic mass is 10.1. The largest absolute Gasteiger partial charge is 0.496 e. The molecule has 0 aromatic heterocycles. The van der Waals surface area contributed by atoms with Crippen LogP contribution in [0.15, 0.2) is 18.2 Å². The molecule has 5 heteroatoms. The van der Waals surface area contributed by atoms with Crippen LogP contribution < -0.4 is 10.5 Å². The van der Waals surface area contributed by atoms with Gasteiger partial charge in [-0.05, 0) is 37.5 Å². The van der Waals surface area contributed by atoms with Crippen LogP contribution in [0.3, 0.4) is 0 Å². The van der Waals surface area contributed by atoms with E-state index < -0.39 is 5.97 Å². The first-order valence-corrected chi connectivity index (χ1v) is 6.43. The van der Waals surface area contributed by atoms with Gasteiger partial charge in [0.15, 0.2) is 0 Å². The highest BCUT2D eigenvalue weighted by atomic mass is 16.6. The molecule has 0 spiro atoms. The first kappa shape index (κ1) is 13.7. The second-order valence-corrected chi connectivity index (χ2v) is 4.55. The minimum absolute atomic E-state index is 0.00440. The molecular formula is C14H19NO4. The van der Waals surface area contributed by atoms with Crippen LogP contribution in [0.1, 0.15) is 29.6 Å². The van der Waals surface area contributed by atoms with Crippen molar-refractivity contribution in [1.82, 2.24) is 0 Å². The van der Waals surface area contributed by atoms with E-state index in [0.717, 1.165) is 25.9 Å². The van der Waals surface area contributed by atoms with Crippen molar-refractivity contribution in [2.75, 3.05) is 26.1 Å². The van der Waals surface area contributed by atoms with E-state index in [1.165, 1.54) is 7.11 Å². The zero-order valence-electron chi connectivity index (χ0n) is 11.1. The minimum Gasteiger partial charge on any atom is -0.496 e. The van der Waals surface area contributed by atoms with Crippen LogP contribution in [-0.2, 0) is 9.47 Å². The maximum Gasteiger partial charge on any atom is 0.342 e. The van der Waals surface area contributed by atoms with Gasteiger partial charge in [0.25, 0.3) is 0 Å². The summed E-state index contributed by atoms with van der Waals surface area (Å²) < 4.78 is 15.9. The van der Waals surface area contributed by atoms with Gasteiger partial charge in [0, 0.05) is 12.3 Å². The summed E-state index contributed by atoms with van der Waals surface area (Å²) >= 11 is 0. The third kappa shape index (κ3) is 3.61. The molecule has 1 unspecified atom stereocenters. The maximum absolute atomic E-state index is 12.0. The number of rotatable bonds is 4. The predicted molar refractivity (Wildman–Crippen MR) is 71.3 cm³/mol. The molecule has 104 valence electrons. The van der Waals surface area contributed by atoms with Crippen molar-refractivity contribution in [2.24, 2.45) is 0 Å². The first-order valence-electron chi connectivity index (χ1n) is 6.43. The number of hydrogen-bond acceptors (Lipinski definition) is 5. The molecule has 2 N–H and O–H groups in total. The van der Waals surface area contributed by atoms with Gasteiger partial charge in [0.1, 0.15) is 17.9 Å². The van der Waals surface area contributed by atoms with Crippen molar-refractivity contribution in [2.45, 2.75) is 25.4 Å². The summed E-state index contributed by atoms with van der Waals surface area (Å²) in [4.78, 5) is 12.0. The number of carbonyl (C=O) groups is 1. The molecule has 0 aliphatic carbocycles. The number of carbonyl (C=O) groups excluding carboxylic acids is 1. The average molecular weight is 265 g/mol. The third-order valence-corrected chi connectivity index (χ3v) is 3.12. The van der Waals surface area contributed by atoms with Crippen LogP contribution in [-0.4, -0.2) is 32.4 Å². The Balaban J connectivity index is 1.97. The Kier molecular flexibility index (Phi) is 4.63. The summed E-state index contributed by atoms with van der Waals surface area (Å²) in [6.07, 6.45) is 3.13. The summed E-state index contributed by atoms with van der Waals surface area (Å²) in [6.45, 7) is 1.01. The molecule has 0 bridgehead atoms. The molecule has 0 radical (unpaired) electrons. The molecule has 0 amide bonds. The summed E-state index contributed by atoms with van der Waals surface area (Å²) in [5, 5.41) is 0. The molecule has 1 heterocycles. The number of nitrogen functional groups attached to an aromatic ring is 1. The molecular weight excluding hydrogens is 246 g/mol. The number of methoxy groups -OCH3 is 1. The number of ether oxygens (including phenoxy) is 3. The van der Waals surface area contributed by atoms with Crippen molar-refractivity contribution in [3.8, 4) is 5.75 Å². The zero-order valence-corrected chi connectivity index (χ0v) is 11.1. The molecule has 1 saturated heterocycles. The highest BCUT2D eigenvalue weighted by Crippen LogP contribution is 2.22. The van der Waals surface area contributed by atoms with Gasteiger partial charge in [-0.1, -0.05) is 0 Å². The Hall–Kier alpha value is -1.75. The summed E-state index contributed by atoms with van der Waals surface area (Å²) in [7, 11) is 1.51. The van der Waals surface area contributed by atoms with Crippen molar-refractivity contribution in [3.05, 3.63) is 23.8 Å². The van der Waals surface area contributed by atoms with Crippen LogP contribution >= 0.6 is 0 Å². The Labute approximate surface area is 112 Å². The van der Waals surface area contributed by atoms with Crippen molar-refractivity contribution < 1.29 is 19.0 Å². The lowest BCUT2D eigenvalue weighted by Crippen LogP contribution is -2.26. The van der Waals surface area contributed by atoms with Gasteiger partial charge in [-0.15, -0.1) is 0 Å². The van der Waals surface area contributed by atoms with Crippen molar-refractivity contribution in [1.29, 1.82) is 0 Å². The maximum atomic E-state index is 12.0. The van der Waals surface area contributed by atoms with Gasteiger partial charge < -0.3 is 19.9 Å². The van der Waals surface area contributed by atoms with Crippen LogP contribution in [0.4, 0.5) is 5.69 Å². The van der Waals surface area contributed by atoms with E-state index in [1.54, 1.807) is 18.2 Å². The number of anilines is 1. The fraction of sp³-hybridized carbons (Fsp3) is 0.500. The summed E-state index contributed by atoms with van der Waals surface area (Å²) in [6, 6.07) is 4.89. The lowest BCUT2D eigenvalue weighted by molar-refractivity contribution is -0.0301. The number of nitrogens with two attached hydrogens (primary N) is 1. The molecule has 0 saturated carbocycles. The van der Waals surface area contributed by atoms with Crippen LogP contribution in [0, 0.1) is 0 Å². The van der Waals surface area contributed by atoms with E-state index in [-0.39, 0.29) is 12.7 Å². The Bertz CT molecular complexity index is 441. The number of esters is 1. The quantitative estimate of drug-likeness (QED) is 0.666. The predicted octanol–water partition coefficient (Wildman–Crippen LogP) is 2.00. The van der Waals surface area contributed by atoms with E-state index in [1.807, 2.05) is 0 Å². The van der Waals surface area contributed by atoms with Gasteiger partial charge in [0.2, 0.25) is 0 Å². The molecule has 1 aliphatic heterocycles. The van der Waals surface area contributed by atoms with Gasteiger partial charge in [-0.2, -0.15) is 0 Å². The molecule has 19 heavy (non-hydrogen) atoms. The smallest absolute Gasteiger partial charge is 0.342 e. The average Bonchev–Trinajstić information content (AvgIpc) is 2.46. The third-order valence-electron chi connectivity index (χ3n) is 3.12. The molecule has 2 rings (SSSR count). The molecule has 5 nitrogen and oxygen atoms in total. The van der Waals surface area contributed by atoms with Crippen LogP contribution in [0.2, 0.25) is 0 Å². The second-order valence-electron chi connectivity index (χ2n) is 4.55. The first-order chi connectivity index (χ1) is 9.20. The highest BCUT2D eigenvalue weighted by Gasteiger charge is 2.19. The standard InChI is InChI=1S/C14H19NO4/c1-17-13-6-5-10(15)8-12(13)14(16)19-9-11-4-2-3-7-18-11/h5-6,8,11H,2-4,7,9,15H2,1H3. The molecule has 1 aliphatic rings. The van der Waals surface area contributed by atoms with E-state index in [2.05, 4.69) is 0 Å². The van der Waals surface area contributed by atoms with Gasteiger partial charge in [-0.25, -0.2) is 4.79 Å². The number of hydrogen-bond donors (Lipinski definition) is 1. The minimum atomic E-state index is -0.432. The zero-order chi connectivity index (χ0) is 13.7. The van der Waals surface area contributed by atoms with Gasteiger partial charge in [-0.3, -0.25) is 0 Å². The Morgan fingerprint density at radius 3 is 3.00 bits per heavy atom. The molecule has 1 fully saturated rings. The summed E-state index contributed by atoms with van der Waals surface area (Å²) in [5.74, 6) is 0.0297. The van der Waals surface area contributed by atoms with Crippen molar-refractivity contribution in [3.63, 3.8) is 0 Å². The normalized spacial score (nSPS) is 18.9. The number of benzene rings is 1. The molecule has 1 aromatic carbocycles. The molecule has 1 aromatic rings. The van der Waals surface area contributed by atoms with E-state index in [0.29, 0.717) is 17.0 Å². The van der Waals surface area contributed by atoms with E-state index >= 15 is 0 Å². The topological polar surface area (TPSA) is 70.8 Å². The Morgan fingerprint density at radius 2 is 2.32 bits per heavy atom. The highest BCUT2D eigenvalue weighted by molar-refractivity contribution is 5.93. The van der Waals surface area contributed by atoms with Crippen LogP contribution in [0.5, 0.6) is 5.75 Å². The van der Waals surface area contributed by atoms with E-state index in [4.69, 9.17) is 19.9 Å².